The summed E-state index contributed by atoms with van der Waals surface area (Å²) in [5, 5.41) is 6.29. The highest BCUT2D eigenvalue weighted by atomic mass is 16.5. The molecule has 154 valence electrons. The zero-order valence-corrected chi connectivity index (χ0v) is 16.9. The summed E-state index contributed by atoms with van der Waals surface area (Å²) in [7, 11) is 3.03. The van der Waals surface area contributed by atoms with Gasteiger partial charge in [0.25, 0.3) is 0 Å². The molecular formula is C21H25N3O5. The van der Waals surface area contributed by atoms with E-state index in [4.69, 9.17) is 14.2 Å². The summed E-state index contributed by atoms with van der Waals surface area (Å²) in [6, 6.07) is 12.9. The van der Waals surface area contributed by atoms with Gasteiger partial charge in [0.1, 0.15) is 6.61 Å². The highest BCUT2D eigenvalue weighted by Gasteiger charge is 2.15. The van der Waals surface area contributed by atoms with Gasteiger partial charge in [-0.25, -0.2) is 5.43 Å². The first-order valence-electron chi connectivity index (χ1n) is 9.01. The summed E-state index contributed by atoms with van der Waals surface area (Å²) < 4.78 is 16.7. The van der Waals surface area contributed by atoms with E-state index in [1.165, 1.54) is 20.4 Å². The average molecular weight is 399 g/mol. The molecule has 0 bridgehead atoms. The largest absolute Gasteiger partial charge is 0.493 e. The van der Waals surface area contributed by atoms with E-state index in [1.807, 2.05) is 30.3 Å². The van der Waals surface area contributed by atoms with Gasteiger partial charge in [0.15, 0.2) is 11.5 Å². The number of nitrogens with one attached hydrogen (secondary N) is 2. The van der Waals surface area contributed by atoms with Crippen LogP contribution in [-0.2, 0) is 16.2 Å². The summed E-state index contributed by atoms with van der Waals surface area (Å²) in [6.07, 6.45) is 1.38. The van der Waals surface area contributed by atoms with Crippen LogP contribution in [0.2, 0.25) is 0 Å². The summed E-state index contributed by atoms with van der Waals surface area (Å²) in [6.45, 7) is 3.87. The Morgan fingerprint density at radius 1 is 1.03 bits per heavy atom. The molecule has 0 radical (unpaired) electrons. The molecule has 8 nitrogen and oxygen atoms in total. The predicted molar refractivity (Wildman–Crippen MR) is 109 cm³/mol. The van der Waals surface area contributed by atoms with E-state index in [1.54, 1.807) is 26.0 Å². The van der Waals surface area contributed by atoms with Crippen molar-refractivity contribution in [2.24, 2.45) is 5.10 Å². The van der Waals surface area contributed by atoms with Gasteiger partial charge in [0, 0.05) is 11.6 Å². The Kier molecular flexibility index (Phi) is 8.02. The molecular weight excluding hydrogens is 374 g/mol. The van der Waals surface area contributed by atoms with E-state index in [2.05, 4.69) is 15.8 Å². The van der Waals surface area contributed by atoms with Crippen LogP contribution in [0.15, 0.2) is 47.6 Å². The first kappa shape index (κ1) is 21.7. The second kappa shape index (κ2) is 10.7. The van der Waals surface area contributed by atoms with Gasteiger partial charge in [-0.05, 0) is 31.5 Å². The lowest BCUT2D eigenvalue weighted by Gasteiger charge is -2.15. The van der Waals surface area contributed by atoms with Crippen LogP contribution < -0.4 is 25.0 Å². The van der Waals surface area contributed by atoms with Crippen molar-refractivity contribution >= 4 is 18.0 Å². The fourth-order valence-electron chi connectivity index (χ4n) is 2.39. The fourth-order valence-corrected chi connectivity index (χ4v) is 2.39. The molecule has 0 aliphatic rings. The van der Waals surface area contributed by atoms with Crippen LogP contribution in [0, 0.1) is 0 Å². The van der Waals surface area contributed by atoms with E-state index in [9.17, 15) is 9.59 Å². The van der Waals surface area contributed by atoms with E-state index < -0.39 is 11.8 Å². The van der Waals surface area contributed by atoms with Gasteiger partial charge < -0.3 is 19.5 Å². The Bertz CT molecular complexity index is 841. The van der Waals surface area contributed by atoms with Crippen LogP contribution in [0.4, 0.5) is 0 Å². The minimum atomic E-state index is -0.850. The van der Waals surface area contributed by atoms with Crippen molar-refractivity contribution in [2.75, 3.05) is 14.2 Å². The molecule has 29 heavy (non-hydrogen) atoms. The first-order chi connectivity index (χ1) is 13.9. The Morgan fingerprint density at radius 2 is 1.66 bits per heavy atom. The van der Waals surface area contributed by atoms with Gasteiger partial charge in [-0.2, -0.15) is 5.10 Å². The molecule has 2 amide bonds. The lowest BCUT2D eigenvalue weighted by Crippen LogP contribution is -2.41. The van der Waals surface area contributed by atoms with Crippen molar-refractivity contribution in [3.05, 3.63) is 53.6 Å². The van der Waals surface area contributed by atoms with Crippen LogP contribution in [0.1, 0.15) is 25.0 Å². The van der Waals surface area contributed by atoms with Gasteiger partial charge in [-0.1, -0.05) is 30.3 Å². The topological polar surface area (TPSA) is 98.2 Å². The summed E-state index contributed by atoms with van der Waals surface area (Å²) >= 11 is 0. The summed E-state index contributed by atoms with van der Waals surface area (Å²) in [5.41, 5.74) is 3.78. The maximum absolute atomic E-state index is 11.7. The number of hydrogen-bond donors (Lipinski definition) is 2. The smallest absolute Gasteiger partial charge is 0.329 e. The van der Waals surface area contributed by atoms with Crippen molar-refractivity contribution in [2.45, 2.75) is 26.5 Å². The number of hydrogen-bond acceptors (Lipinski definition) is 6. The van der Waals surface area contributed by atoms with Gasteiger partial charge >= 0.3 is 11.8 Å². The lowest BCUT2D eigenvalue weighted by molar-refractivity contribution is -0.139. The van der Waals surface area contributed by atoms with E-state index in [0.717, 1.165) is 5.56 Å². The lowest BCUT2D eigenvalue weighted by atomic mass is 10.2. The molecule has 2 aromatic carbocycles. The molecule has 2 rings (SSSR count). The molecule has 0 aliphatic heterocycles. The number of amides is 2. The van der Waals surface area contributed by atoms with Gasteiger partial charge in [-0.15, -0.1) is 0 Å². The number of carbonyl (C=O) groups is 2. The Morgan fingerprint density at radius 3 is 2.21 bits per heavy atom. The Hall–Kier alpha value is -3.55. The molecule has 0 fully saturated rings. The standard InChI is InChI=1S/C21H25N3O5/c1-14(2)23-20(25)21(26)24-22-12-16-10-17(27-3)19(18(11-16)28-4)29-13-15-8-6-5-7-9-15/h5-12,14H,13H2,1-4H3,(H,23,25)(H,24,26)/b22-12-. The van der Waals surface area contributed by atoms with Crippen molar-refractivity contribution in [3.8, 4) is 17.2 Å². The number of methoxy groups -OCH3 is 2. The highest BCUT2D eigenvalue weighted by molar-refractivity contribution is 6.35. The van der Waals surface area contributed by atoms with Crippen LogP contribution in [-0.4, -0.2) is 38.3 Å². The summed E-state index contributed by atoms with van der Waals surface area (Å²) in [4.78, 5) is 23.3. The average Bonchev–Trinajstić information content (AvgIpc) is 2.72. The number of rotatable bonds is 8. The molecule has 0 heterocycles. The zero-order chi connectivity index (χ0) is 21.2. The van der Waals surface area contributed by atoms with Gasteiger partial charge in [-0.3, -0.25) is 9.59 Å². The predicted octanol–water partition coefficient (Wildman–Crippen LogP) is 2.26. The Labute approximate surface area is 169 Å². The maximum Gasteiger partial charge on any atom is 0.329 e. The number of hydrazone groups is 1. The third kappa shape index (κ3) is 6.53. The van der Waals surface area contributed by atoms with Gasteiger partial charge in [0.2, 0.25) is 5.75 Å². The van der Waals surface area contributed by atoms with Crippen LogP contribution >= 0.6 is 0 Å². The van der Waals surface area contributed by atoms with E-state index in [0.29, 0.717) is 29.4 Å². The fraction of sp³-hybridized carbons (Fsp3) is 0.286. The third-order valence-corrected chi connectivity index (χ3v) is 3.71. The maximum atomic E-state index is 11.7. The minimum absolute atomic E-state index is 0.144. The molecule has 2 N–H and O–H groups in total. The zero-order valence-electron chi connectivity index (χ0n) is 16.9. The molecule has 8 heteroatoms. The molecule has 2 aromatic rings. The van der Waals surface area contributed by atoms with Gasteiger partial charge in [0.05, 0.1) is 20.4 Å². The minimum Gasteiger partial charge on any atom is -0.493 e. The molecule has 0 aromatic heterocycles. The second-order valence-electron chi connectivity index (χ2n) is 6.36. The van der Waals surface area contributed by atoms with Crippen LogP contribution in [0.5, 0.6) is 17.2 Å². The number of benzene rings is 2. The molecule has 0 spiro atoms. The number of carbonyl (C=O) groups excluding carboxylic acids is 2. The number of ether oxygens (including phenoxy) is 3. The number of nitrogens with zero attached hydrogens (tertiary/aromatic N) is 1. The van der Waals surface area contributed by atoms with Crippen molar-refractivity contribution in [1.29, 1.82) is 0 Å². The van der Waals surface area contributed by atoms with Crippen LogP contribution in [0.25, 0.3) is 0 Å². The normalized spacial score (nSPS) is 10.7. The first-order valence-corrected chi connectivity index (χ1v) is 9.01. The monoisotopic (exact) mass is 399 g/mol. The van der Waals surface area contributed by atoms with E-state index >= 15 is 0 Å². The quantitative estimate of drug-likeness (QED) is 0.403. The molecule has 0 saturated carbocycles. The third-order valence-electron chi connectivity index (χ3n) is 3.71. The van der Waals surface area contributed by atoms with Crippen molar-refractivity contribution < 1.29 is 23.8 Å². The SMILES string of the molecule is COc1cc(/C=N\NC(=O)C(=O)NC(C)C)cc(OC)c1OCc1ccccc1. The highest BCUT2D eigenvalue weighted by Crippen LogP contribution is 2.38. The van der Waals surface area contributed by atoms with Crippen molar-refractivity contribution in [1.82, 2.24) is 10.7 Å². The Balaban J connectivity index is 2.12. The van der Waals surface area contributed by atoms with Crippen LogP contribution in [0.3, 0.4) is 0 Å². The summed E-state index contributed by atoms with van der Waals surface area (Å²) in [5.74, 6) is -0.249. The molecule has 0 saturated heterocycles. The molecule has 0 unspecified atom stereocenters. The van der Waals surface area contributed by atoms with E-state index in [-0.39, 0.29) is 6.04 Å². The molecule has 0 atom stereocenters. The second-order valence-corrected chi connectivity index (χ2v) is 6.36. The van der Waals surface area contributed by atoms with Crippen molar-refractivity contribution in [3.63, 3.8) is 0 Å². The molecule has 0 aliphatic carbocycles.